The summed E-state index contributed by atoms with van der Waals surface area (Å²) in [5.41, 5.74) is 4.71. The van der Waals surface area contributed by atoms with Gasteiger partial charge in [-0.1, -0.05) is 30.3 Å². The number of hydrazone groups is 1. The highest BCUT2D eigenvalue weighted by molar-refractivity contribution is 14.1. The molecule has 0 spiro atoms. The van der Waals surface area contributed by atoms with Gasteiger partial charge in [0.15, 0.2) is 0 Å². The zero-order valence-electron chi connectivity index (χ0n) is 14.5. The van der Waals surface area contributed by atoms with Crippen LogP contribution in [0.2, 0.25) is 0 Å². The molecule has 142 valence electrons. The topological polar surface area (TPSA) is 50.7 Å². The van der Waals surface area contributed by atoms with E-state index in [-0.39, 0.29) is 0 Å². The fourth-order valence-corrected chi connectivity index (χ4v) is 4.48. The molecule has 4 nitrogen and oxygen atoms in total. The lowest BCUT2D eigenvalue weighted by Gasteiger charge is -2.11. The second-order valence-corrected chi connectivity index (χ2v) is 8.12. The number of carbonyl (C=O) groups excluding carboxylic acids is 1. The van der Waals surface area contributed by atoms with Crippen molar-refractivity contribution in [3.8, 4) is 5.75 Å². The van der Waals surface area contributed by atoms with Crippen LogP contribution in [0.1, 0.15) is 21.5 Å². The Bertz CT molecular complexity index is 970. The summed E-state index contributed by atoms with van der Waals surface area (Å²) in [5.74, 6) is 0.0276. The predicted octanol–water partition coefficient (Wildman–Crippen LogP) is 5.38. The Hall–Kier alpha value is -2.01. The average Bonchev–Trinajstić information content (AvgIpc) is 2.68. The van der Waals surface area contributed by atoms with E-state index in [0.29, 0.717) is 12.2 Å². The van der Waals surface area contributed by atoms with Crippen LogP contribution >= 0.6 is 45.2 Å². The van der Waals surface area contributed by atoms with Gasteiger partial charge in [-0.05, 0) is 92.7 Å². The first-order valence-corrected chi connectivity index (χ1v) is 10.4. The van der Waals surface area contributed by atoms with Gasteiger partial charge in [-0.15, -0.1) is 0 Å². The Labute approximate surface area is 189 Å². The molecular formula is C21H15FI2N2O2. The largest absolute Gasteiger partial charge is 0.487 e. The van der Waals surface area contributed by atoms with Crippen molar-refractivity contribution < 1.29 is 13.9 Å². The van der Waals surface area contributed by atoms with Gasteiger partial charge in [0.25, 0.3) is 5.91 Å². The van der Waals surface area contributed by atoms with Gasteiger partial charge in [0, 0.05) is 5.56 Å². The number of hydrogen-bond acceptors (Lipinski definition) is 3. The van der Waals surface area contributed by atoms with Crippen LogP contribution in [0.15, 0.2) is 71.8 Å². The van der Waals surface area contributed by atoms with Crippen molar-refractivity contribution in [1.82, 2.24) is 5.43 Å². The molecule has 7 heteroatoms. The molecule has 0 saturated heterocycles. The van der Waals surface area contributed by atoms with Crippen molar-refractivity contribution in [2.24, 2.45) is 5.10 Å². The van der Waals surface area contributed by atoms with Crippen LogP contribution < -0.4 is 10.2 Å². The molecule has 0 atom stereocenters. The molecule has 3 rings (SSSR count). The fraction of sp³-hybridized carbons (Fsp3) is 0.0476. The van der Waals surface area contributed by atoms with Crippen molar-refractivity contribution in [1.29, 1.82) is 0 Å². The summed E-state index contributed by atoms with van der Waals surface area (Å²) < 4.78 is 20.8. The number of hydrogen-bond donors (Lipinski definition) is 1. The summed E-state index contributed by atoms with van der Waals surface area (Å²) in [7, 11) is 0. The van der Waals surface area contributed by atoms with E-state index in [4.69, 9.17) is 4.74 Å². The molecule has 0 unspecified atom stereocenters. The van der Waals surface area contributed by atoms with E-state index < -0.39 is 11.7 Å². The van der Waals surface area contributed by atoms with E-state index in [0.717, 1.165) is 24.0 Å². The highest BCUT2D eigenvalue weighted by Crippen LogP contribution is 2.29. The summed E-state index contributed by atoms with van der Waals surface area (Å²) in [5, 5.41) is 3.98. The molecule has 0 aromatic heterocycles. The van der Waals surface area contributed by atoms with Gasteiger partial charge in [0.05, 0.1) is 13.4 Å². The molecule has 0 radical (unpaired) electrons. The van der Waals surface area contributed by atoms with Gasteiger partial charge in [0.2, 0.25) is 0 Å². The molecule has 3 aromatic rings. The first kappa shape index (κ1) is 20.7. The smallest absolute Gasteiger partial charge is 0.271 e. The van der Waals surface area contributed by atoms with Crippen LogP contribution in [0.25, 0.3) is 0 Å². The summed E-state index contributed by atoms with van der Waals surface area (Å²) in [6, 6.07) is 19.1. The van der Waals surface area contributed by atoms with Gasteiger partial charge in [-0.3, -0.25) is 4.79 Å². The number of carbonyl (C=O) groups is 1. The summed E-state index contributed by atoms with van der Waals surface area (Å²) in [6.07, 6.45) is 1.56. The molecule has 1 N–H and O–H groups in total. The maximum atomic E-state index is 12.9. The van der Waals surface area contributed by atoms with Crippen LogP contribution in [0.4, 0.5) is 4.39 Å². The maximum Gasteiger partial charge on any atom is 0.271 e. The minimum atomic E-state index is -0.400. The first-order chi connectivity index (χ1) is 13.5. The van der Waals surface area contributed by atoms with Crippen LogP contribution in [0.5, 0.6) is 5.75 Å². The lowest BCUT2D eigenvalue weighted by Crippen LogP contribution is -2.17. The third kappa shape index (κ3) is 5.74. The second-order valence-electron chi connectivity index (χ2n) is 5.79. The van der Waals surface area contributed by atoms with Crippen LogP contribution in [0.3, 0.4) is 0 Å². The number of benzene rings is 3. The highest BCUT2D eigenvalue weighted by atomic mass is 127. The average molecular weight is 600 g/mol. The Morgan fingerprint density at radius 2 is 1.68 bits per heavy atom. The third-order valence-corrected chi connectivity index (χ3v) is 5.34. The Kier molecular flexibility index (Phi) is 7.37. The monoisotopic (exact) mass is 600 g/mol. The third-order valence-electron chi connectivity index (χ3n) is 3.73. The van der Waals surface area contributed by atoms with Crippen molar-refractivity contribution in [3.05, 3.63) is 96.4 Å². The lowest BCUT2D eigenvalue weighted by atomic mass is 10.2. The van der Waals surface area contributed by atoms with Crippen molar-refractivity contribution in [2.75, 3.05) is 0 Å². The Morgan fingerprint density at radius 1 is 1.04 bits per heavy atom. The normalized spacial score (nSPS) is 10.8. The fourth-order valence-electron chi connectivity index (χ4n) is 2.35. The molecule has 0 fully saturated rings. The standard InChI is InChI=1S/C21H15FI2N2O2/c22-17-8-6-16(7-9-17)21(27)26-25-12-15-10-18(23)20(19(24)11-15)28-13-14-4-2-1-3-5-14/h1-12H,13H2,(H,26,27)/b25-12-. The number of halogens is 3. The van der Waals surface area contributed by atoms with Gasteiger partial charge < -0.3 is 4.74 Å². The Morgan fingerprint density at radius 3 is 2.32 bits per heavy atom. The number of amides is 1. The van der Waals surface area contributed by atoms with Crippen LogP contribution in [0, 0.1) is 13.0 Å². The molecule has 3 aromatic carbocycles. The maximum absolute atomic E-state index is 12.9. The lowest BCUT2D eigenvalue weighted by molar-refractivity contribution is 0.0955. The summed E-state index contributed by atoms with van der Waals surface area (Å²) in [4.78, 5) is 12.0. The van der Waals surface area contributed by atoms with Crippen molar-refractivity contribution in [3.63, 3.8) is 0 Å². The number of ether oxygens (including phenoxy) is 1. The summed E-state index contributed by atoms with van der Waals surface area (Å²) >= 11 is 4.44. The molecule has 0 bridgehead atoms. The Balaban J connectivity index is 1.64. The van der Waals surface area contributed by atoms with E-state index in [1.165, 1.54) is 24.3 Å². The molecular weight excluding hydrogens is 585 g/mol. The molecule has 0 saturated carbocycles. The SMILES string of the molecule is O=C(N/N=C\c1cc(I)c(OCc2ccccc2)c(I)c1)c1ccc(F)cc1. The van der Waals surface area contributed by atoms with Crippen LogP contribution in [-0.4, -0.2) is 12.1 Å². The van der Waals surface area contributed by atoms with Crippen LogP contribution in [-0.2, 0) is 6.61 Å². The van der Waals surface area contributed by atoms with E-state index in [2.05, 4.69) is 55.7 Å². The van der Waals surface area contributed by atoms with E-state index in [1.54, 1.807) is 6.21 Å². The summed E-state index contributed by atoms with van der Waals surface area (Å²) in [6.45, 7) is 0.494. The molecule has 1 amide bonds. The molecule has 28 heavy (non-hydrogen) atoms. The molecule has 0 heterocycles. The van der Waals surface area contributed by atoms with Gasteiger partial charge in [0.1, 0.15) is 18.2 Å². The van der Waals surface area contributed by atoms with Gasteiger partial charge in [-0.2, -0.15) is 5.10 Å². The zero-order valence-corrected chi connectivity index (χ0v) is 18.8. The minimum Gasteiger partial charge on any atom is -0.487 e. The molecule has 0 aliphatic heterocycles. The minimum absolute atomic E-state index is 0.340. The van der Waals surface area contributed by atoms with Crippen molar-refractivity contribution in [2.45, 2.75) is 6.61 Å². The van der Waals surface area contributed by atoms with Gasteiger partial charge >= 0.3 is 0 Å². The van der Waals surface area contributed by atoms with E-state index in [1.807, 2.05) is 42.5 Å². The zero-order chi connectivity index (χ0) is 19.9. The quantitative estimate of drug-likeness (QED) is 0.235. The van der Waals surface area contributed by atoms with Crippen molar-refractivity contribution >= 4 is 57.3 Å². The van der Waals surface area contributed by atoms with Gasteiger partial charge in [-0.25, -0.2) is 9.82 Å². The highest BCUT2D eigenvalue weighted by Gasteiger charge is 2.09. The number of rotatable bonds is 6. The first-order valence-electron chi connectivity index (χ1n) is 8.27. The number of nitrogens with zero attached hydrogens (tertiary/aromatic N) is 1. The number of nitrogens with one attached hydrogen (secondary N) is 1. The van der Waals surface area contributed by atoms with E-state index >= 15 is 0 Å². The second kappa shape index (κ2) is 9.97. The predicted molar refractivity (Wildman–Crippen MR) is 124 cm³/mol. The van der Waals surface area contributed by atoms with E-state index in [9.17, 15) is 9.18 Å². The molecule has 0 aliphatic carbocycles. The molecule has 0 aliphatic rings.